The zero-order valence-corrected chi connectivity index (χ0v) is 23.5. The summed E-state index contributed by atoms with van der Waals surface area (Å²) in [7, 11) is 1.32. The maximum atomic E-state index is 11.5. The zero-order chi connectivity index (χ0) is 27.6. The van der Waals surface area contributed by atoms with Gasteiger partial charge in [-0.2, -0.15) is 0 Å². The predicted molar refractivity (Wildman–Crippen MR) is 136 cm³/mol. The fourth-order valence-electron chi connectivity index (χ4n) is 3.79. The molecule has 0 spiro atoms. The van der Waals surface area contributed by atoms with Gasteiger partial charge in [-0.05, 0) is 99.8 Å². The molecular weight excluding hydrogens is 468 g/mol. The van der Waals surface area contributed by atoms with E-state index >= 15 is 0 Å². The van der Waals surface area contributed by atoms with Crippen molar-refractivity contribution in [3.63, 3.8) is 0 Å². The van der Waals surface area contributed by atoms with Crippen LogP contribution in [0.3, 0.4) is 0 Å². The smallest absolute Gasteiger partial charge is 0.408 e. The molecule has 10 heteroatoms. The number of aliphatic hydroxyl groups excluding tert-OH is 1. The van der Waals surface area contributed by atoms with Crippen molar-refractivity contribution >= 4 is 18.2 Å². The molecule has 2 aliphatic carbocycles. The second-order valence-corrected chi connectivity index (χ2v) is 11.8. The zero-order valence-electron chi connectivity index (χ0n) is 23.5. The van der Waals surface area contributed by atoms with E-state index in [0.29, 0.717) is 18.9 Å². The number of carbonyl (C=O) groups is 3. The molecule has 210 valence electrons. The lowest BCUT2D eigenvalue weighted by Gasteiger charge is -2.41. The van der Waals surface area contributed by atoms with Crippen LogP contribution in [0.2, 0.25) is 0 Å². The lowest BCUT2D eigenvalue weighted by atomic mass is 9.77. The maximum absolute atomic E-state index is 11.5. The Kier molecular flexibility index (Phi) is 12.0. The highest BCUT2D eigenvalue weighted by molar-refractivity contribution is 5.86. The SMILES string of the molecule is CC(C)(C)OC(=O)NC1(CO)CCC1.CC1CCCO1.COC(=O)C1(NC(=O)OC(C)(C)C)CCC1. The van der Waals surface area contributed by atoms with Gasteiger partial charge in [-0.15, -0.1) is 0 Å². The van der Waals surface area contributed by atoms with Crippen molar-refractivity contribution in [3.8, 4) is 0 Å². The summed E-state index contributed by atoms with van der Waals surface area (Å²) < 4.78 is 20.0. The van der Waals surface area contributed by atoms with Crippen LogP contribution in [-0.4, -0.2) is 72.0 Å². The summed E-state index contributed by atoms with van der Waals surface area (Å²) in [5.41, 5.74) is -2.32. The molecule has 1 heterocycles. The van der Waals surface area contributed by atoms with Crippen molar-refractivity contribution in [1.29, 1.82) is 0 Å². The molecule has 3 aliphatic rings. The molecule has 1 atom stereocenters. The summed E-state index contributed by atoms with van der Waals surface area (Å²) in [4.78, 5) is 34.5. The highest BCUT2D eigenvalue weighted by Crippen LogP contribution is 2.33. The molecule has 0 radical (unpaired) electrons. The standard InChI is InChI=1S/C11H19NO4.C10H19NO3.C5H10O/c1-10(2,3)16-9(14)12-11(6-5-7-11)8(13)15-4;1-9(2,3)14-8(13)11-10(7-12)5-4-6-10;1-5-3-2-4-6-5/h5-7H2,1-4H3,(H,12,14);12H,4-7H2,1-3H3,(H,11,13);5H,2-4H2,1H3. The number of rotatable bonds is 4. The second kappa shape index (κ2) is 13.5. The number of aliphatic hydroxyl groups is 1. The van der Waals surface area contributed by atoms with Crippen molar-refractivity contribution in [2.24, 2.45) is 0 Å². The van der Waals surface area contributed by atoms with Crippen molar-refractivity contribution in [1.82, 2.24) is 10.6 Å². The monoisotopic (exact) mass is 516 g/mol. The van der Waals surface area contributed by atoms with E-state index in [2.05, 4.69) is 22.3 Å². The number of amides is 2. The highest BCUT2D eigenvalue weighted by atomic mass is 16.6. The fraction of sp³-hybridized carbons (Fsp3) is 0.885. The van der Waals surface area contributed by atoms with Gasteiger partial charge in [-0.1, -0.05) is 0 Å². The number of ether oxygens (including phenoxy) is 4. The first-order valence-electron chi connectivity index (χ1n) is 12.9. The van der Waals surface area contributed by atoms with Gasteiger partial charge in [0.1, 0.15) is 16.7 Å². The van der Waals surface area contributed by atoms with E-state index < -0.39 is 40.4 Å². The molecule has 2 amide bonds. The number of hydrogen-bond acceptors (Lipinski definition) is 8. The Hall–Kier alpha value is -2.07. The van der Waals surface area contributed by atoms with Crippen LogP contribution in [0.1, 0.15) is 99.8 Å². The topological polar surface area (TPSA) is 132 Å². The van der Waals surface area contributed by atoms with E-state index in [0.717, 1.165) is 32.3 Å². The van der Waals surface area contributed by atoms with Gasteiger partial charge in [0.15, 0.2) is 0 Å². The van der Waals surface area contributed by atoms with E-state index in [1.165, 1.54) is 20.0 Å². The van der Waals surface area contributed by atoms with Crippen LogP contribution in [0.4, 0.5) is 9.59 Å². The van der Waals surface area contributed by atoms with Crippen molar-refractivity contribution in [3.05, 3.63) is 0 Å². The van der Waals surface area contributed by atoms with Crippen LogP contribution in [-0.2, 0) is 23.7 Å². The van der Waals surface area contributed by atoms with E-state index in [-0.39, 0.29) is 6.61 Å². The fourth-order valence-corrected chi connectivity index (χ4v) is 3.79. The summed E-state index contributed by atoms with van der Waals surface area (Å²) >= 11 is 0. The van der Waals surface area contributed by atoms with E-state index in [1.54, 1.807) is 20.8 Å². The minimum Gasteiger partial charge on any atom is -0.467 e. The Morgan fingerprint density at radius 3 is 1.64 bits per heavy atom. The maximum Gasteiger partial charge on any atom is 0.408 e. The third-order valence-electron chi connectivity index (χ3n) is 6.06. The lowest BCUT2D eigenvalue weighted by molar-refractivity contribution is -0.152. The minimum atomic E-state index is -0.864. The number of methoxy groups -OCH3 is 1. The number of alkyl carbamates (subject to hydrolysis) is 2. The van der Waals surface area contributed by atoms with Crippen LogP contribution >= 0.6 is 0 Å². The first-order chi connectivity index (χ1) is 16.6. The Bertz CT molecular complexity index is 707. The highest BCUT2D eigenvalue weighted by Gasteiger charge is 2.47. The van der Waals surface area contributed by atoms with Crippen LogP contribution in [0.15, 0.2) is 0 Å². The number of carbonyl (C=O) groups excluding carboxylic acids is 3. The van der Waals surface area contributed by atoms with Gasteiger partial charge in [0.05, 0.1) is 25.4 Å². The van der Waals surface area contributed by atoms with Crippen molar-refractivity contribution in [2.45, 2.75) is 128 Å². The summed E-state index contributed by atoms with van der Waals surface area (Å²) in [5, 5.41) is 14.4. The third-order valence-corrected chi connectivity index (χ3v) is 6.06. The van der Waals surface area contributed by atoms with Gasteiger partial charge in [-0.25, -0.2) is 14.4 Å². The molecule has 10 nitrogen and oxygen atoms in total. The summed E-state index contributed by atoms with van der Waals surface area (Å²) in [6.07, 6.45) is 6.92. The van der Waals surface area contributed by atoms with Crippen LogP contribution in [0.5, 0.6) is 0 Å². The largest absolute Gasteiger partial charge is 0.467 e. The molecule has 0 aromatic carbocycles. The molecule has 0 bridgehead atoms. The molecular formula is C26H48N2O8. The van der Waals surface area contributed by atoms with E-state index in [4.69, 9.17) is 19.3 Å². The van der Waals surface area contributed by atoms with Gasteiger partial charge >= 0.3 is 18.2 Å². The average Bonchev–Trinajstić information content (AvgIpc) is 3.16. The summed E-state index contributed by atoms with van der Waals surface area (Å²) in [5.74, 6) is -0.399. The number of esters is 1. The molecule has 3 fully saturated rings. The molecule has 0 aromatic heterocycles. The normalized spacial score (nSPS) is 21.5. The Morgan fingerprint density at radius 2 is 1.39 bits per heavy atom. The molecule has 36 heavy (non-hydrogen) atoms. The third kappa shape index (κ3) is 11.3. The van der Waals surface area contributed by atoms with Crippen LogP contribution < -0.4 is 10.6 Å². The minimum absolute atomic E-state index is 0.00770. The van der Waals surface area contributed by atoms with Gasteiger partial charge < -0.3 is 34.7 Å². The Labute approximate surface area is 216 Å². The predicted octanol–water partition coefficient (Wildman–Crippen LogP) is 4.22. The van der Waals surface area contributed by atoms with Crippen LogP contribution in [0, 0.1) is 0 Å². The molecule has 1 aliphatic heterocycles. The Balaban J connectivity index is 0.000000295. The quantitative estimate of drug-likeness (QED) is 0.374. The van der Waals surface area contributed by atoms with Crippen molar-refractivity contribution < 1.29 is 38.4 Å². The average molecular weight is 517 g/mol. The van der Waals surface area contributed by atoms with Crippen LogP contribution in [0.25, 0.3) is 0 Å². The van der Waals surface area contributed by atoms with Gasteiger partial charge in [0.2, 0.25) is 0 Å². The van der Waals surface area contributed by atoms with E-state index in [9.17, 15) is 14.4 Å². The summed E-state index contributed by atoms with van der Waals surface area (Å²) in [6, 6.07) is 0. The second-order valence-electron chi connectivity index (χ2n) is 11.8. The molecule has 1 unspecified atom stereocenters. The van der Waals surface area contributed by atoms with E-state index in [1.807, 2.05) is 20.8 Å². The number of nitrogens with one attached hydrogen (secondary N) is 2. The lowest BCUT2D eigenvalue weighted by Crippen LogP contribution is -2.60. The molecule has 3 N–H and O–H groups in total. The molecule has 3 rings (SSSR count). The molecule has 0 aromatic rings. The van der Waals surface area contributed by atoms with Gasteiger partial charge in [0.25, 0.3) is 0 Å². The first kappa shape index (κ1) is 32.0. The summed E-state index contributed by atoms with van der Waals surface area (Å²) in [6.45, 7) is 13.9. The number of hydrogen-bond donors (Lipinski definition) is 3. The first-order valence-corrected chi connectivity index (χ1v) is 12.9. The van der Waals surface area contributed by atoms with Gasteiger partial charge in [0, 0.05) is 6.61 Å². The molecule has 1 saturated heterocycles. The van der Waals surface area contributed by atoms with Gasteiger partial charge in [-0.3, -0.25) is 0 Å². The Morgan fingerprint density at radius 1 is 0.889 bits per heavy atom. The van der Waals surface area contributed by atoms with Crippen molar-refractivity contribution in [2.75, 3.05) is 20.3 Å². The molecule has 2 saturated carbocycles.